The number of hydrazone groups is 1. The average Bonchev–Trinajstić information content (AvgIpc) is 2.80. The van der Waals surface area contributed by atoms with Crippen LogP contribution < -0.4 is 14.9 Å². The van der Waals surface area contributed by atoms with Gasteiger partial charge in [0.15, 0.2) is 0 Å². The molecule has 0 unspecified atom stereocenters. The Bertz CT molecular complexity index is 1220. The van der Waals surface area contributed by atoms with Gasteiger partial charge in [0.05, 0.1) is 11.1 Å². The summed E-state index contributed by atoms with van der Waals surface area (Å²) in [6, 6.07) is 17.6. The van der Waals surface area contributed by atoms with Crippen molar-refractivity contribution in [3.63, 3.8) is 0 Å². The fraction of sp³-hybridized carbons (Fsp3) is 0.0435. The molecule has 3 aromatic rings. The summed E-state index contributed by atoms with van der Waals surface area (Å²) in [5.74, 6) is -1.42. The number of ether oxygens (including phenoxy) is 2. The smallest absolute Gasteiger partial charge is 0.347 e. The van der Waals surface area contributed by atoms with Gasteiger partial charge in [0.25, 0.3) is 11.6 Å². The molecule has 3 rings (SSSR count). The molecule has 0 fully saturated rings. The van der Waals surface area contributed by atoms with Crippen LogP contribution in [0.15, 0.2) is 77.9 Å². The highest BCUT2D eigenvalue weighted by molar-refractivity contribution is 5.95. The first-order valence-electron chi connectivity index (χ1n) is 9.51. The number of nitrogens with one attached hydrogen (secondary N) is 1. The van der Waals surface area contributed by atoms with E-state index in [1.54, 1.807) is 24.3 Å². The zero-order valence-electron chi connectivity index (χ0n) is 17.3. The molecule has 1 N–H and O–H groups in total. The Labute approximate surface area is 187 Å². The first kappa shape index (κ1) is 22.8. The molecular weight excluding hydrogens is 430 g/mol. The molecule has 0 spiro atoms. The van der Waals surface area contributed by atoms with Crippen LogP contribution in [0.2, 0.25) is 0 Å². The van der Waals surface area contributed by atoms with Crippen molar-refractivity contribution in [3.05, 3.63) is 99.6 Å². The van der Waals surface area contributed by atoms with Crippen molar-refractivity contribution in [1.82, 2.24) is 5.43 Å². The number of hydrogen-bond donors (Lipinski definition) is 1. The van der Waals surface area contributed by atoms with Crippen molar-refractivity contribution in [2.45, 2.75) is 6.92 Å². The predicted octanol–water partition coefficient (Wildman–Crippen LogP) is 3.50. The van der Waals surface area contributed by atoms with Crippen LogP contribution in [0.5, 0.6) is 11.5 Å². The van der Waals surface area contributed by atoms with E-state index >= 15 is 0 Å². The number of rotatable bonds is 7. The number of hydrogen-bond acceptors (Lipinski definition) is 8. The number of nitro benzene ring substituents is 1. The Morgan fingerprint density at radius 1 is 0.939 bits per heavy atom. The van der Waals surface area contributed by atoms with Crippen molar-refractivity contribution >= 4 is 29.7 Å². The largest absolute Gasteiger partial charge is 0.426 e. The van der Waals surface area contributed by atoms with Crippen LogP contribution >= 0.6 is 0 Å². The third-order valence-electron chi connectivity index (χ3n) is 4.17. The highest BCUT2D eigenvalue weighted by Gasteiger charge is 2.16. The molecular formula is C23H17N3O7. The zero-order chi connectivity index (χ0) is 23.8. The van der Waals surface area contributed by atoms with E-state index in [2.05, 4.69) is 10.5 Å². The number of para-hydroxylation sites is 1. The second-order valence-electron chi connectivity index (χ2n) is 6.55. The van der Waals surface area contributed by atoms with Crippen molar-refractivity contribution in [2.75, 3.05) is 0 Å². The number of amides is 1. The normalized spacial score (nSPS) is 10.5. The maximum Gasteiger partial charge on any atom is 0.347 e. The number of benzene rings is 3. The summed E-state index contributed by atoms with van der Waals surface area (Å²) in [5, 5.41) is 14.5. The lowest BCUT2D eigenvalue weighted by Gasteiger charge is -2.08. The molecule has 0 bridgehead atoms. The minimum atomic E-state index is -0.691. The highest BCUT2D eigenvalue weighted by Crippen LogP contribution is 2.21. The van der Waals surface area contributed by atoms with Crippen LogP contribution in [-0.2, 0) is 4.79 Å². The summed E-state index contributed by atoms with van der Waals surface area (Å²) in [7, 11) is 0. The Hall–Kier alpha value is -4.86. The maximum atomic E-state index is 12.4. The number of nitro groups is 1. The lowest BCUT2D eigenvalue weighted by Crippen LogP contribution is -2.17. The van der Waals surface area contributed by atoms with Gasteiger partial charge in [0.2, 0.25) is 0 Å². The van der Waals surface area contributed by atoms with E-state index in [0.717, 1.165) is 0 Å². The fourth-order valence-corrected chi connectivity index (χ4v) is 2.63. The van der Waals surface area contributed by atoms with E-state index in [1.165, 1.54) is 61.7 Å². The number of esters is 2. The second kappa shape index (κ2) is 10.4. The highest BCUT2D eigenvalue weighted by atomic mass is 16.6. The summed E-state index contributed by atoms with van der Waals surface area (Å²) in [4.78, 5) is 45.7. The van der Waals surface area contributed by atoms with Crippen LogP contribution in [-0.4, -0.2) is 29.0 Å². The van der Waals surface area contributed by atoms with Gasteiger partial charge in [-0.05, 0) is 54.1 Å². The lowest BCUT2D eigenvalue weighted by molar-refractivity contribution is -0.384. The van der Waals surface area contributed by atoms with Crippen molar-refractivity contribution < 1.29 is 28.8 Å². The summed E-state index contributed by atoms with van der Waals surface area (Å²) in [6.07, 6.45) is 1.38. The zero-order valence-corrected chi connectivity index (χ0v) is 17.3. The molecule has 10 nitrogen and oxygen atoms in total. The Morgan fingerprint density at radius 3 is 2.24 bits per heavy atom. The fourth-order valence-electron chi connectivity index (χ4n) is 2.63. The van der Waals surface area contributed by atoms with E-state index in [-0.39, 0.29) is 28.3 Å². The maximum absolute atomic E-state index is 12.4. The number of non-ortho nitro benzene ring substituents is 1. The van der Waals surface area contributed by atoms with Crippen molar-refractivity contribution in [1.29, 1.82) is 0 Å². The minimum Gasteiger partial charge on any atom is -0.426 e. The quantitative estimate of drug-likeness (QED) is 0.192. The van der Waals surface area contributed by atoms with E-state index in [1.807, 2.05) is 0 Å². The van der Waals surface area contributed by atoms with Crippen LogP contribution in [0.4, 0.5) is 5.69 Å². The van der Waals surface area contributed by atoms with Gasteiger partial charge in [0, 0.05) is 24.6 Å². The molecule has 0 aliphatic rings. The van der Waals surface area contributed by atoms with Crippen molar-refractivity contribution in [3.8, 4) is 11.5 Å². The van der Waals surface area contributed by atoms with Crippen LogP contribution in [0.3, 0.4) is 0 Å². The van der Waals surface area contributed by atoms with E-state index in [4.69, 9.17) is 9.47 Å². The molecule has 0 aliphatic heterocycles. The second-order valence-corrected chi connectivity index (χ2v) is 6.55. The molecule has 10 heteroatoms. The van der Waals surface area contributed by atoms with Gasteiger partial charge in [-0.3, -0.25) is 19.7 Å². The molecule has 0 radical (unpaired) electrons. The molecule has 33 heavy (non-hydrogen) atoms. The monoisotopic (exact) mass is 447 g/mol. The van der Waals surface area contributed by atoms with Gasteiger partial charge in [-0.15, -0.1) is 0 Å². The molecule has 3 aromatic carbocycles. The first-order valence-corrected chi connectivity index (χ1v) is 9.51. The average molecular weight is 447 g/mol. The predicted molar refractivity (Wildman–Crippen MR) is 117 cm³/mol. The van der Waals surface area contributed by atoms with Gasteiger partial charge < -0.3 is 9.47 Å². The molecule has 0 atom stereocenters. The lowest BCUT2D eigenvalue weighted by atomic mass is 10.2. The van der Waals surface area contributed by atoms with E-state index < -0.39 is 22.8 Å². The van der Waals surface area contributed by atoms with Gasteiger partial charge in [-0.1, -0.05) is 12.1 Å². The van der Waals surface area contributed by atoms with Gasteiger partial charge >= 0.3 is 11.9 Å². The van der Waals surface area contributed by atoms with Gasteiger partial charge in [0.1, 0.15) is 17.1 Å². The molecule has 0 heterocycles. The molecule has 0 aromatic heterocycles. The molecule has 166 valence electrons. The third-order valence-corrected chi connectivity index (χ3v) is 4.17. The van der Waals surface area contributed by atoms with Gasteiger partial charge in [-0.2, -0.15) is 5.10 Å². The number of carbonyl (C=O) groups excluding carboxylic acids is 3. The summed E-state index contributed by atoms with van der Waals surface area (Å²) >= 11 is 0. The number of nitrogens with zero attached hydrogens (tertiary/aromatic N) is 2. The SMILES string of the molecule is CC(=O)Oc1ccccc1C(=O)Oc1ccc(C=NNC(=O)c2ccc([N+](=O)[O-])cc2)cc1. The molecule has 1 amide bonds. The summed E-state index contributed by atoms with van der Waals surface area (Å²) in [5.41, 5.74) is 3.13. The topological polar surface area (TPSA) is 137 Å². The molecule has 0 aliphatic carbocycles. The van der Waals surface area contributed by atoms with Crippen LogP contribution in [0.25, 0.3) is 0 Å². The van der Waals surface area contributed by atoms with Gasteiger partial charge in [-0.25, -0.2) is 10.2 Å². The third kappa shape index (κ3) is 6.31. The van der Waals surface area contributed by atoms with Crippen molar-refractivity contribution in [2.24, 2.45) is 5.10 Å². The van der Waals surface area contributed by atoms with E-state index in [0.29, 0.717) is 5.56 Å². The minimum absolute atomic E-state index is 0.0996. The summed E-state index contributed by atoms with van der Waals surface area (Å²) in [6.45, 7) is 1.23. The Morgan fingerprint density at radius 2 is 1.61 bits per heavy atom. The Balaban J connectivity index is 1.58. The van der Waals surface area contributed by atoms with Crippen LogP contribution in [0, 0.1) is 10.1 Å². The first-order chi connectivity index (χ1) is 15.8. The Kier molecular flexibility index (Phi) is 7.22. The number of carbonyl (C=O) groups is 3. The van der Waals surface area contributed by atoms with Crippen LogP contribution in [0.1, 0.15) is 33.2 Å². The van der Waals surface area contributed by atoms with E-state index in [9.17, 15) is 24.5 Å². The standard InChI is InChI=1S/C23H17N3O7/c1-15(27)32-21-5-3-2-4-20(21)23(29)33-19-12-6-16(7-13-19)14-24-25-22(28)17-8-10-18(11-9-17)26(30)31/h2-14H,1H3,(H,25,28). The molecule has 0 saturated heterocycles. The summed E-state index contributed by atoms with van der Waals surface area (Å²) < 4.78 is 10.3. The molecule has 0 saturated carbocycles.